The molecule has 0 aliphatic heterocycles. The third-order valence-electron chi connectivity index (χ3n) is 2.53. The molecule has 1 aromatic carbocycles. The number of sulfonamides is 1. The molecule has 0 aliphatic rings. The van der Waals surface area contributed by atoms with Gasteiger partial charge in [0, 0.05) is 6.04 Å². The zero-order valence-electron chi connectivity index (χ0n) is 10.5. The molecule has 0 saturated heterocycles. The van der Waals surface area contributed by atoms with Crippen molar-refractivity contribution in [3.63, 3.8) is 0 Å². The summed E-state index contributed by atoms with van der Waals surface area (Å²) in [6, 6.07) is 7.07. The van der Waals surface area contributed by atoms with E-state index in [9.17, 15) is 31.5 Å². The Labute approximate surface area is 118 Å². The molecule has 0 radical (unpaired) electrons. The summed E-state index contributed by atoms with van der Waals surface area (Å²) < 4.78 is 58.5. The average Bonchev–Trinajstić information content (AvgIpc) is 2.37. The van der Waals surface area contributed by atoms with Crippen molar-refractivity contribution >= 4 is 15.9 Å². The molecule has 21 heavy (non-hydrogen) atoms. The molecule has 0 aliphatic carbocycles. The van der Waals surface area contributed by atoms with Gasteiger partial charge in [-0.1, -0.05) is 30.3 Å². The van der Waals surface area contributed by atoms with Gasteiger partial charge >= 0.3 is 15.5 Å². The van der Waals surface area contributed by atoms with Gasteiger partial charge < -0.3 is 10.8 Å². The van der Waals surface area contributed by atoms with Crippen LogP contribution in [0.3, 0.4) is 0 Å². The van der Waals surface area contributed by atoms with Crippen molar-refractivity contribution in [3.8, 4) is 0 Å². The van der Waals surface area contributed by atoms with E-state index in [1.807, 2.05) is 0 Å². The molecule has 1 amide bonds. The highest BCUT2D eigenvalue weighted by Gasteiger charge is 2.47. The van der Waals surface area contributed by atoms with Crippen LogP contribution in [0.2, 0.25) is 0 Å². The number of amides is 1. The third kappa shape index (κ3) is 4.69. The van der Waals surface area contributed by atoms with Crippen LogP contribution in [0.25, 0.3) is 0 Å². The number of nitrogens with two attached hydrogens (primary N) is 1. The summed E-state index contributed by atoms with van der Waals surface area (Å²) in [7, 11) is -5.86. The van der Waals surface area contributed by atoms with Crippen molar-refractivity contribution < 1.29 is 31.5 Å². The van der Waals surface area contributed by atoms with E-state index in [2.05, 4.69) is 0 Å². The maximum absolute atomic E-state index is 12.1. The molecule has 0 bridgehead atoms. The van der Waals surface area contributed by atoms with Crippen molar-refractivity contribution in [1.29, 1.82) is 0 Å². The zero-order chi connectivity index (χ0) is 16.3. The predicted molar refractivity (Wildman–Crippen MR) is 67.2 cm³/mol. The number of carbonyl (C=O) groups excluding carboxylic acids is 1. The van der Waals surface area contributed by atoms with Crippen molar-refractivity contribution in [2.45, 2.75) is 24.1 Å². The first kappa shape index (κ1) is 17.4. The van der Waals surface area contributed by atoms with E-state index in [1.165, 1.54) is 0 Å². The molecule has 0 aromatic heterocycles. The number of nitrogens with one attached hydrogen (secondary N) is 1. The van der Waals surface area contributed by atoms with Gasteiger partial charge in [-0.25, -0.2) is 4.72 Å². The summed E-state index contributed by atoms with van der Waals surface area (Å²) in [4.78, 5) is 11.3. The summed E-state index contributed by atoms with van der Waals surface area (Å²) >= 11 is 0. The van der Waals surface area contributed by atoms with Gasteiger partial charge in [0.25, 0.3) is 5.91 Å². The fourth-order valence-corrected chi connectivity index (χ4v) is 1.94. The highest BCUT2D eigenvalue weighted by molar-refractivity contribution is 7.90. The molecular weight excluding hydrogens is 313 g/mol. The second kappa shape index (κ2) is 6.41. The highest BCUT2D eigenvalue weighted by atomic mass is 32.2. The fourth-order valence-electron chi connectivity index (χ4n) is 1.44. The van der Waals surface area contributed by atoms with Gasteiger partial charge in [-0.05, 0) is 12.0 Å². The maximum Gasteiger partial charge on any atom is 0.516 e. The molecule has 1 rings (SSSR count). The van der Waals surface area contributed by atoms with Crippen LogP contribution in [0.5, 0.6) is 0 Å². The molecule has 10 heteroatoms. The molecule has 4 N–H and O–H groups in total. The Balaban J connectivity index is 2.70. The van der Waals surface area contributed by atoms with E-state index in [-0.39, 0.29) is 6.42 Å². The summed E-state index contributed by atoms with van der Waals surface area (Å²) in [5.41, 5.74) is 0.479. The largest absolute Gasteiger partial charge is 0.516 e. The van der Waals surface area contributed by atoms with Crippen molar-refractivity contribution in [2.24, 2.45) is 5.73 Å². The molecule has 0 unspecified atom stereocenters. The van der Waals surface area contributed by atoms with E-state index >= 15 is 0 Å². The highest BCUT2D eigenvalue weighted by Crippen LogP contribution is 2.21. The quantitative estimate of drug-likeness (QED) is 0.699. The number of hydrogen-bond donors (Lipinski definition) is 3. The van der Waals surface area contributed by atoms with Crippen LogP contribution in [0, 0.1) is 0 Å². The lowest BCUT2D eigenvalue weighted by atomic mass is 10.0. The molecular formula is C11H13F3N2O4S. The Morgan fingerprint density at radius 2 is 1.81 bits per heavy atom. The van der Waals surface area contributed by atoms with Crippen LogP contribution in [0.4, 0.5) is 13.2 Å². The first-order valence-corrected chi connectivity index (χ1v) is 7.13. The molecule has 6 nitrogen and oxygen atoms in total. The molecule has 0 fully saturated rings. The first-order chi connectivity index (χ1) is 9.54. The molecule has 0 saturated carbocycles. The van der Waals surface area contributed by atoms with Crippen LogP contribution >= 0.6 is 0 Å². The van der Waals surface area contributed by atoms with E-state index in [0.29, 0.717) is 5.56 Å². The van der Waals surface area contributed by atoms with E-state index in [4.69, 9.17) is 5.73 Å². The van der Waals surface area contributed by atoms with Crippen LogP contribution < -0.4 is 10.5 Å². The zero-order valence-corrected chi connectivity index (χ0v) is 11.4. The van der Waals surface area contributed by atoms with Gasteiger partial charge in [0.05, 0.1) is 0 Å². The van der Waals surface area contributed by atoms with Crippen LogP contribution in [-0.2, 0) is 21.2 Å². The number of alkyl halides is 3. The van der Waals surface area contributed by atoms with Crippen molar-refractivity contribution in [2.75, 3.05) is 0 Å². The maximum atomic E-state index is 12.1. The smallest absolute Gasteiger partial charge is 0.382 e. The first-order valence-electron chi connectivity index (χ1n) is 5.65. The Kier molecular flexibility index (Phi) is 5.31. The normalized spacial score (nSPS) is 15.3. The van der Waals surface area contributed by atoms with Gasteiger partial charge in [-0.2, -0.15) is 21.6 Å². The number of aliphatic hydroxyl groups is 1. The number of rotatable bonds is 5. The van der Waals surface area contributed by atoms with Gasteiger partial charge in [0.1, 0.15) is 6.10 Å². The Morgan fingerprint density at radius 1 is 1.29 bits per heavy atom. The molecule has 2 atom stereocenters. The number of aliphatic hydroxyl groups excluding tert-OH is 1. The number of hydrogen-bond acceptors (Lipinski definition) is 5. The third-order valence-corrected chi connectivity index (χ3v) is 3.61. The standard InChI is InChI=1S/C11H13F3N2O4S/c12-11(13,14)21(19,20)16-10(18)9(17)8(15)6-7-4-2-1-3-5-7/h1-5,8-9,17H,6,15H2,(H,16,18)/t8-,9-/m0/s1. The lowest BCUT2D eigenvalue weighted by molar-refractivity contribution is -0.129. The lowest BCUT2D eigenvalue weighted by Crippen LogP contribution is -2.51. The summed E-state index contributed by atoms with van der Waals surface area (Å²) in [5, 5.41) is 9.51. The number of carbonyl (C=O) groups is 1. The van der Waals surface area contributed by atoms with Gasteiger partial charge in [0.2, 0.25) is 0 Å². The molecule has 118 valence electrons. The van der Waals surface area contributed by atoms with Crippen molar-refractivity contribution in [1.82, 2.24) is 4.72 Å². The monoisotopic (exact) mass is 326 g/mol. The van der Waals surface area contributed by atoms with Crippen LogP contribution in [0.15, 0.2) is 30.3 Å². The lowest BCUT2D eigenvalue weighted by Gasteiger charge is -2.18. The minimum atomic E-state index is -5.86. The molecule has 0 spiro atoms. The predicted octanol–water partition coefficient (Wildman–Crippen LogP) is -0.117. The van der Waals surface area contributed by atoms with Crippen molar-refractivity contribution in [3.05, 3.63) is 35.9 Å². The summed E-state index contributed by atoms with van der Waals surface area (Å²) in [5.74, 6) is -1.73. The van der Waals surface area contributed by atoms with Gasteiger partial charge in [-0.15, -0.1) is 0 Å². The van der Waals surface area contributed by atoms with Gasteiger partial charge in [0.15, 0.2) is 0 Å². The van der Waals surface area contributed by atoms with Crippen LogP contribution in [-0.4, -0.2) is 37.1 Å². The fraction of sp³-hybridized carbons (Fsp3) is 0.364. The minimum Gasteiger partial charge on any atom is -0.382 e. The Bertz CT molecular complexity index is 589. The summed E-state index contributed by atoms with van der Waals surface area (Å²) in [6.45, 7) is 0. The van der Waals surface area contributed by atoms with Gasteiger partial charge in [-0.3, -0.25) is 4.79 Å². The summed E-state index contributed by atoms with van der Waals surface area (Å²) in [6.07, 6.45) is -2.11. The van der Waals surface area contributed by atoms with E-state index in [0.717, 1.165) is 4.72 Å². The van der Waals surface area contributed by atoms with E-state index in [1.54, 1.807) is 30.3 Å². The second-order valence-electron chi connectivity index (χ2n) is 4.21. The minimum absolute atomic E-state index is 0.0124. The number of benzene rings is 1. The molecule has 1 aromatic rings. The van der Waals surface area contributed by atoms with Crippen LogP contribution in [0.1, 0.15) is 5.56 Å². The Morgan fingerprint density at radius 3 is 2.29 bits per heavy atom. The Hall–Kier alpha value is -1.65. The second-order valence-corrected chi connectivity index (χ2v) is 5.89. The number of halogens is 3. The van der Waals surface area contributed by atoms with E-state index < -0.39 is 33.6 Å². The molecule has 0 heterocycles. The average molecular weight is 326 g/mol. The topological polar surface area (TPSA) is 109 Å². The SMILES string of the molecule is N[C@@H](Cc1ccccc1)[C@H](O)C(=O)NS(=O)(=O)C(F)(F)F.